The van der Waals surface area contributed by atoms with Gasteiger partial charge < -0.3 is 10.2 Å². The second-order valence-electron chi connectivity index (χ2n) is 9.31. The molecule has 0 saturated carbocycles. The number of carbonyl (C=O) groups excluding carboxylic acids is 1. The normalized spacial score (nSPS) is 16.9. The van der Waals surface area contributed by atoms with E-state index in [-0.39, 0.29) is 10.8 Å². The van der Waals surface area contributed by atoms with Gasteiger partial charge in [0, 0.05) is 38.3 Å². The van der Waals surface area contributed by atoms with Gasteiger partial charge in [0.2, 0.25) is 10.0 Å². The summed E-state index contributed by atoms with van der Waals surface area (Å²) in [5.74, 6) is 1.56. The fourth-order valence-corrected chi connectivity index (χ4v) is 6.94. The van der Waals surface area contributed by atoms with E-state index in [0.29, 0.717) is 31.7 Å². The van der Waals surface area contributed by atoms with E-state index in [1.165, 1.54) is 16.4 Å². The van der Waals surface area contributed by atoms with Crippen LogP contribution in [0.25, 0.3) is 11.0 Å². The molecule has 0 aliphatic carbocycles. The van der Waals surface area contributed by atoms with E-state index in [4.69, 9.17) is 9.97 Å². The Bertz CT molecular complexity index is 1350. The van der Waals surface area contributed by atoms with Crippen LogP contribution in [0, 0.1) is 0 Å². The zero-order valence-corrected chi connectivity index (χ0v) is 22.7. The van der Waals surface area contributed by atoms with Crippen molar-refractivity contribution in [3.8, 4) is 0 Å². The summed E-state index contributed by atoms with van der Waals surface area (Å²) in [5.41, 5.74) is 1.19. The predicted molar refractivity (Wildman–Crippen MR) is 145 cm³/mol. The number of anilines is 1. The number of thioether (sulfide) groups is 1. The number of hydrogen-bond donors (Lipinski definition) is 1. The van der Waals surface area contributed by atoms with Crippen LogP contribution < -0.4 is 10.2 Å². The van der Waals surface area contributed by atoms with Crippen LogP contribution >= 0.6 is 11.8 Å². The molecule has 4 heterocycles. The quantitative estimate of drug-likeness (QED) is 0.324. The molecule has 2 aliphatic rings. The molecule has 5 rings (SSSR count). The van der Waals surface area contributed by atoms with Gasteiger partial charge in [0.1, 0.15) is 5.82 Å². The number of benzene rings is 1. The first-order valence-electron chi connectivity index (χ1n) is 13.0. The van der Waals surface area contributed by atoms with E-state index in [9.17, 15) is 13.2 Å². The molecule has 0 unspecified atom stereocenters. The lowest BCUT2D eigenvalue weighted by molar-refractivity contribution is 0.0952. The maximum Gasteiger partial charge on any atom is 0.251 e. The summed E-state index contributed by atoms with van der Waals surface area (Å²) in [6.45, 7) is 5.98. The van der Waals surface area contributed by atoms with Crippen LogP contribution in [0.2, 0.25) is 0 Å². The van der Waals surface area contributed by atoms with E-state index >= 15 is 0 Å². The van der Waals surface area contributed by atoms with E-state index in [1.54, 1.807) is 23.9 Å². The fourth-order valence-electron chi connectivity index (χ4n) is 4.86. The second kappa shape index (κ2) is 11.4. The smallest absolute Gasteiger partial charge is 0.251 e. The minimum absolute atomic E-state index is 0.225. The number of nitrogens with zero attached hydrogens (tertiary/aromatic N) is 6. The Morgan fingerprint density at radius 3 is 2.41 bits per heavy atom. The number of sulfonamides is 1. The summed E-state index contributed by atoms with van der Waals surface area (Å²) >= 11 is 1.61. The molecule has 2 fully saturated rings. The third-order valence-corrected chi connectivity index (χ3v) is 9.46. The molecule has 2 saturated heterocycles. The highest BCUT2D eigenvalue weighted by molar-refractivity contribution is 7.99. The molecule has 0 radical (unpaired) electrons. The zero-order chi connectivity index (χ0) is 25.8. The van der Waals surface area contributed by atoms with Gasteiger partial charge in [-0.15, -0.1) is 0 Å². The topological polar surface area (TPSA) is 113 Å². The van der Waals surface area contributed by atoms with Crippen molar-refractivity contribution < 1.29 is 13.2 Å². The molecule has 1 amide bonds. The molecule has 1 aromatic carbocycles. The van der Waals surface area contributed by atoms with Crippen molar-refractivity contribution in [3.63, 3.8) is 0 Å². The first kappa shape index (κ1) is 25.9. The predicted octanol–water partition coefficient (Wildman–Crippen LogP) is 3.14. The highest BCUT2D eigenvalue weighted by Crippen LogP contribution is 2.29. The highest BCUT2D eigenvalue weighted by Gasteiger charge is 2.26. The maximum absolute atomic E-state index is 12.9. The van der Waals surface area contributed by atoms with Gasteiger partial charge in [-0.25, -0.2) is 23.1 Å². The molecule has 2 aliphatic heterocycles. The molecule has 37 heavy (non-hydrogen) atoms. The molecule has 0 atom stereocenters. The van der Waals surface area contributed by atoms with E-state index in [1.807, 2.05) is 10.9 Å². The fraction of sp³-hybridized carbons (Fsp3) is 0.520. The van der Waals surface area contributed by atoms with Crippen LogP contribution in [0.1, 0.15) is 49.4 Å². The van der Waals surface area contributed by atoms with Gasteiger partial charge in [-0.2, -0.15) is 9.40 Å². The Morgan fingerprint density at radius 1 is 1.00 bits per heavy atom. The van der Waals surface area contributed by atoms with E-state index in [0.717, 1.165) is 73.0 Å². The summed E-state index contributed by atoms with van der Waals surface area (Å²) in [6, 6.07) is 6.17. The van der Waals surface area contributed by atoms with Gasteiger partial charge in [0.05, 0.1) is 23.0 Å². The van der Waals surface area contributed by atoms with Crippen LogP contribution in [0.5, 0.6) is 0 Å². The molecule has 2 aromatic heterocycles. The second-order valence-corrected chi connectivity index (χ2v) is 12.5. The van der Waals surface area contributed by atoms with Crippen LogP contribution in [-0.4, -0.2) is 76.9 Å². The third-order valence-electron chi connectivity index (χ3n) is 6.81. The molecule has 3 aromatic rings. The van der Waals surface area contributed by atoms with E-state index in [2.05, 4.69) is 22.2 Å². The third kappa shape index (κ3) is 5.60. The average molecular weight is 544 g/mol. The summed E-state index contributed by atoms with van der Waals surface area (Å²) in [4.78, 5) is 24.8. The number of nitrogens with one attached hydrogen (secondary N) is 1. The Kier molecular flexibility index (Phi) is 7.96. The first-order valence-corrected chi connectivity index (χ1v) is 15.4. The van der Waals surface area contributed by atoms with Gasteiger partial charge in [-0.3, -0.25) is 4.79 Å². The first-order chi connectivity index (χ1) is 18.0. The molecule has 0 spiro atoms. The minimum Gasteiger partial charge on any atom is -0.356 e. The lowest BCUT2D eigenvalue weighted by atomic mass is 10.2. The van der Waals surface area contributed by atoms with Gasteiger partial charge in [-0.1, -0.05) is 25.1 Å². The van der Waals surface area contributed by atoms with Crippen molar-refractivity contribution in [1.82, 2.24) is 29.4 Å². The number of piperidine rings is 1. The number of amides is 1. The number of fused-ring (bicyclic) bond motifs is 1. The standard InChI is InChI=1S/C25H33N7O3S2/c1-2-36-25-28-22(30-13-6-7-14-30)21-18-27-32(23(21)29-25)17-12-26-24(33)19-8-10-20(11-9-19)37(34,35)31-15-4-3-5-16-31/h8-11,18H,2-7,12-17H2,1H3,(H,26,33). The number of aromatic nitrogens is 4. The number of carbonyl (C=O) groups is 1. The van der Waals surface area contributed by atoms with Gasteiger partial charge >= 0.3 is 0 Å². The van der Waals surface area contributed by atoms with Crippen LogP contribution in [0.15, 0.2) is 40.5 Å². The summed E-state index contributed by atoms with van der Waals surface area (Å²) in [6.07, 6.45) is 6.96. The largest absolute Gasteiger partial charge is 0.356 e. The van der Waals surface area contributed by atoms with Crippen molar-refractivity contribution in [1.29, 1.82) is 0 Å². The molecule has 1 N–H and O–H groups in total. The Hall–Kier alpha value is -2.70. The van der Waals surface area contributed by atoms with Crippen LogP contribution in [-0.2, 0) is 16.6 Å². The Morgan fingerprint density at radius 2 is 1.70 bits per heavy atom. The minimum atomic E-state index is -3.52. The van der Waals surface area contributed by atoms with Crippen LogP contribution in [0.4, 0.5) is 5.82 Å². The monoisotopic (exact) mass is 543 g/mol. The highest BCUT2D eigenvalue weighted by atomic mass is 32.2. The average Bonchev–Trinajstić information content (AvgIpc) is 3.60. The zero-order valence-electron chi connectivity index (χ0n) is 21.1. The molecule has 198 valence electrons. The van der Waals surface area contributed by atoms with Crippen molar-refractivity contribution >= 4 is 44.5 Å². The molecule has 10 nitrogen and oxygen atoms in total. The molecule has 12 heteroatoms. The van der Waals surface area contributed by atoms with Crippen molar-refractivity contribution in [3.05, 3.63) is 36.0 Å². The molecular formula is C25H33N7O3S2. The van der Waals surface area contributed by atoms with Gasteiger partial charge in [0.15, 0.2) is 10.8 Å². The van der Waals surface area contributed by atoms with E-state index < -0.39 is 10.0 Å². The van der Waals surface area contributed by atoms with Crippen LogP contribution in [0.3, 0.4) is 0 Å². The maximum atomic E-state index is 12.9. The van der Waals surface area contributed by atoms with Crippen molar-refractivity contribution in [2.24, 2.45) is 0 Å². The molecule has 0 bridgehead atoms. The summed E-state index contributed by atoms with van der Waals surface area (Å²) in [5, 5.41) is 9.12. The number of hydrogen-bond acceptors (Lipinski definition) is 8. The Labute approximate surface area is 221 Å². The van der Waals surface area contributed by atoms with Gasteiger partial charge in [0.25, 0.3) is 5.91 Å². The molecular weight excluding hydrogens is 510 g/mol. The van der Waals surface area contributed by atoms with Crippen molar-refractivity contribution in [2.45, 2.75) is 55.6 Å². The van der Waals surface area contributed by atoms with Gasteiger partial charge in [-0.05, 0) is 55.7 Å². The number of rotatable bonds is 9. The lowest BCUT2D eigenvalue weighted by Gasteiger charge is -2.25. The Balaban J connectivity index is 1.24. The SMILES string of the molecule is CCSc1nc(N2CCCC2)c2cnn(CCNC(=O)c3ccc(S(=O)(=O)N4CCCCC4)cc3)c2n1. The summed E-state index contributed by atoms with van der Waals surface area (Å²) < 4.78 is 29.0. The summed E-state index contributed by atoms with van der Waals surface area (Å²) in [7, 11) is -3.52. The van der Waals surface area contributed by atoms with Crippen molar-refractivity contribution in [2.75, 3.05) is 43.4 Å². The lowest BCUT2D eigenvalue weighted by Crippen LogP contribution is -2.35.